The molecule has 0 aromatic heterocycles. The third kappa shape index (κ3) is 4.39. The Morgan fingerprint density at radius 3 is 1.92 bits per heavy atom. The van der Waals surface area contributed by atoms with E-state index in [0.29, 0.717) is 17.6 Å². The van der Waals surface area contributed by atoms with Crippen molar-refractivity contribution in [2.75, 3.05) is 7.11 Å². The SMILES string of the molecule is CC(C)c1cccc(C(C)(C)c2ccc(O)c(C(C)C)c2)c1.CO. The first-order valence-corrected chi connectivity index (χ1v) is 8.62. The molecular formula is C22H32O2. The predicted octanol–water partition coefficient (Wildman–Crippen LogP) is 5.57. The minimum absolute atomic E-state index is 0.0811. The second-order valence-electron chi connectivity index (χ2n) is 7.33. The molecule has 0 radical (unpaired) electrons. The van der Waals surface area contributed by atoms with E-state index in [2.05, 4.69) is 71.9 Å². The number of aliphatic hydroxyl groups is 1. The van der Waals surface area contributed by atoms with E-state index in [1.54, 1.807) is 0 Å². The largest absolute Gasteiger partial charge is 0.508 e. The van der Waals surface area contributed by atoms with Crippen LogP contribution in [0.3, 0.4) is 0 Å². The lowest BCUT2D eigenvalue weighted by atomic mass is 9.76. The zero-order valence-corrected chi connectivity index (χ0v) is 16.1. The van der Waals surface area contributed by atoms with Gasteiger partial charge in [0, 0.05) is 12.5 Å². The third-order valence-corrected chi connectivity index (χ3v) is 4.65. The van der Waals surface area contributed by atoms with Crippen molar-refractivity contribution in [1.29, 1.82) is 0 Å². The van der Waals surface area contributed by atoms with E-state index in [1.807, 2.05) is 12.1 Å². The van der Waals surface area contributed by atoms with Gasteiger partial charge in [-0.15, -0.1) is 0 Å². The summed E-state index contributed by atoms with van der Waals surface area (Å²) in [6.07, 6.45) is 0. The van der Waals surface area contributed by atoms with Crippen molar-refractivity contribution in [3.05, 3.63) is 64.7 Å². The standard InChI is InChI=1S/C21H28O.CH4O/c1-14(2)16-8-7-9-17(12-16)21(5,6)18-10-11-20(22)19(13-18)15(3)4;1-2/h7-15,22H,1-6H3;2H,1H3. The molecule has 0 fully saturated rings. The first-order valence-electron chi connectivity index (χ1n) is 8.62. The number of benzene rings is 2. The van der Waals surface area contributed by atoms with E-state index in [0.717, 1.165) is 12.7 Å². The van der Waals surface area contributed by atoms with Crippen LogP contribution >= 0.6 is 0 Å². The van der Waals surface area contributed by atoms with Crippen LogP contribution in [0.5, 0.6) is 5.75 Å². The molecule has 2 nitrogen and oxygen atoms in total. The van der Waals surface area contributed by atoms with Crippen molar-refractivity contribution < 1.29 is 10.2 Å². The van der Waals surface area contributed by atoms with Crippen LogP contribution in [0, 0.1) is 0 Å². The first-order chi connectivity index (χ1) is 11.2. The fourth-order valence-corrected chi connectivity index (χ4v) is 2.86. The summed E-state index contributed by atoms with van der Waals surface area (Å²) in [6, 6.07) is 14.9. The summed E-state index contributed by atoms with van der Waals surface area (Å²) in [5, 5.41) is 17.1. The van der Waals surface area contributed by atoms with Crippen LogP contribution in [0.1, 0.15) is 75.6 Å². The van der Waals surface area contributed by atoms with Crippen molar-refractivity contribution in [1.82, 2.24) is 0 Å². The van der Waals surface area contributed by atoms with Gasteiger partial charge in [0.25, 0.3) is 0 Å². The molecule has 0 atom stereocenters. The lowest BCUT2D eigenvalue weighted by molar-refractivity contribution is 0.399. The van der Waals surface area contributed by atoms with Gasteiger partial charge < -0.3 is 10.2 Å². The van der Waals surface area contributed by atoms with E-state index in [1.165, 1.54) is 16.7 Å². The Labute approximate surface area is 147 Å². The van der Waals surface area contributed by atoms with Crippen LogP contribution in [-0.2, 0) is 5.41 Å². The molecular weight excluding hydrogens is 296 g/mol. The molecule has 0 unspecified atom stereocenters. The maximum Gasteiger partial charge on any atom is 0.119 e. The van der Waals surface area contributed by atoms with Crippen molar-refractivity contribution >= 4 is 0 Å². The molecule has 24 heavy (non-hydrogen) atoms. The van der Waals surface area contributed by atoms with Gasteiger partial charge in [-0.25, -0.2) is 0 Å². The van der Waals surface area contributed by atoms with Crippen molar-refractivity contribution in [3.63, 3.8) is 0 Å². The molecule has 0 heterocycles. The minimum atomic E-state index is -0.0811. The number of aromatic hydroxyl groups is 1. The molecule has 0 bridgehead atoms. The second-order valence-corrected chi connectivity index (χ2v) is 7.33. The lowest BCUT2D eigenvalue weighted by Crippen LogP contribution is -2.19. The molecule has 2 N–H and O–H groups in total. The monoisotopic (exact) mass is 328 g/mol. The summed E-state index contributed by atoms with van der Waals surface area (Å²) in [5.41, 5.74) is 4.87. The fourth-order valence-electron chi connectivity index (χ4n) is 2.86. The highest BCUT2D eigenvalue weighted by molar-refractivity contribution is 5.45. The average Bonchev–Trinajstić information content (AvgIpc) is 2.56. The zero-order chi connectivity index (χ0) is 18.5. The number of aliphatic hydroxyl groups excluding tert-OH is 1. The summed E-state index contributed by atoms with van der Waals surface area (Å²) in [4.78, 5) is 0. The van der Waals surface area contributed by atoms with E-state index < -0.39 is 0 Å². The maximum absolute atomic E-state index is 10.1. The highest BCUT2D eigenvalue weighted by atomic mass is 16.3. The van der Waals surface area contributed by atoms with Crippen LogP contribution in [0.2, 0.25) is 0 Å². The van der Waals surface area contributed by atoms with Gasteiger partial charge in [0.2, 0.25) is 0 Å². The molecule has 132 valence electrons. The average molecular weight is 328 g/mol. The summed E-state index contributed by atoms with van der Waals surface area (Å²) >= 11 is 0. The van der Waals surface area contributed by atoms with Crippen LogP contribution < -0.4 is 0 Å². The first kappa shape index (κ1) is 20.2. The molecule has 0 aliphatic heterocycles. The van der Waals surface area contributed by atoms with Gasteiger partial charge in [-0.1, -0.05) is 77.9 Å². The minimum Gasteiger partial charge on any atom is -0.508 e. The van der Waals surface area contributed by atoms with Gasteiger partial charge in [-0.05, 0) is 40.2 Å². The summed E-state index contributed by atoms with van der Waals surface area (Å²) in [6.45, 7) is 13.2. The van der Waals surface area contributed by atoms with Gasteiger partial charge in [0.05, 0.1) is 0 Å². The van der Waals surface area contributed by atoms with Gasteiger partial charge in [-0.2, -0.15) is 0 Å². The quantitative estimate of drug-likeness (QED) is 0.770. The van der Waals surface area contributed by atoms with Gasteiger partial charge >= 0.3 is 0 Å². The highest BCUT2D eigenvalue weighted by Gasteiger charge is 2.25. The molecule has 0 amide bonds. The molecule has 0 saturated carbocycles. The van der Waals surface area contributed by atoms with Crippen molar-refractivity contribution in [2.24, 2.45) is 0 Å². The van der Waals surface area contributed by atoms with Crippen molar-refractivity contribution in [2.45, 2.75) is 58.8 Å². The molecule has 0 saturated heterocycles. The molecule has 0 spiro atoms. The third-order valence-electron chi connectivity index (χ3n) is 4.65. The number of hydrogen-bond donors (Lipinski definition) is 2. The van der Waals surface area contributed by atoms with E-state index in [4.69, 9.17) is 5.11 Å². The number of hydrogen-bond acceptors (Lipinski definition) is 2. The molecule has 2 rings (SSSR count). The van der Waals surface area contributed by atoms with E-state index >= 15 is 0 Å². The lowest BCUT2D eigenvalue weighted by Gasteiger charge is -2.28. The van der Waals surface area contributed by atoms with Crippen LogP contribution in [0.25, 0.3) is 0 Å². The predicted molar refractivity (Wildman–Crippen MR) is 103 cm³/mol. The Kier molecular flexibility index (Phi) is 7.04. The Morgan fingerprint density at radius 1 is 0.792 bits per heavy atom. The molecule has 2 heteroatoms. The Balaban J connectivity index is 0.00000139. The Hall–Kier alpha value is -1.80. The maximum atomic E-state index is 10.1. The normalized spacial score (nSPS) is 11.4. The fraction of sp³-hybridized carbons (Fsp3) is 0.455. The molecule has 2 aromatic rings. The number of phenolic OH excluding ortho intramolecular Hbond substituents is 1. The van der Waals surface area contributed by atoms with Crippen LogP contribution in [-0.4, -0.2) is 17.3 Å². The number of phenols is 1. The summed E-state index contributed by atoms with van der Waals surface area (Å²) < 4.78 is 0. The molecule has 0 aliphatic rings. The highest BCUT2D eigenvalue weighted by Crippen LogP contribution is 2.36. The van der Waals surface area contributed by atoms with Gasteiger partial charge in [0.15, 0.2) is 0 Å². The Morgan fingerprint density at radius 2 is 1.38 bits per heavy atom. The summed E-state index contributed by atoms with van der Waals surface area (Å²) in [7, 11) is 1.00. The van der Waals surface area contributed by atoms with Crippen LogP contribution in [0.4, 0.5) is 0 Å². The summed E-state index contributed by atoms with van der Waals surface area (Å²) in [5.74, 6) is 1.24. The molecule has 2 aromatic carbocycles. The van der Waals surface area contributed by atoms with E-state index in [9.17, 15) is 5.11 Å². The molecule has 0 aliphatic carbocycles. The topological polar surface area (TPSA) is 40.5 Å². The smallest absolute Gasteiger partial charge is 0.119 e. The van der Waals surface area contributed by atoms with Gasteiger partial charge in [-0.3, -0.25) is 0 Å². The van der Waals surface area contributed by atoms with Gasteiger partial charge in [0.1, 0.15) is 5.75 Å². The zero-order valence-electron chi connectivity index (χ0n) is 16.1. The van der Waals surface area contributed by atoms with Crippen LogP contribution in [0.15, 0.2) is 42.5 Å². The number of rotatable bonds is 4. The van der Waals surface area contributed by atoms with E-state index in [-0.39, 0.29) is 5.41 Å². The Bertz CT molecular complexity index is 655. The second kappa shape index (κ2) is 8.34. The van der Waals surface area contributed by atoms with Crippen molar-refractivity contribution in [3.8, 4) is 5.75 Å².